The van der Waals surface area contributed by atoms with Crippen molar-refractivity contribution in [3.05, 3.63) is 128 Å². The number of amides is 2. The van der Waals surface area contributed by atoms with Gasteiger partial charge in [-0.2, -0.15) is 0 Å². The molecule has 1 atom stereocenters. The summed E-state index contributed by atoms with van der Waals surface area (Å²) < 4.78 is 30.1. The highest BCUT2D eigenvalue weighted by Crippen LogP contribution is 2.29. The molecule has 4 aromatic rings. The van der Waals surface area contributed by atoms with Gasteiger partial charge in [0, 0.05) is 37.7 Å². The lowest BCUT2D eigenvalue weighted by Crippen LogP contribution is -2.56. The number of hydrogen-bond acceptors (Lipinski definition) is 4. The van der Waals surface area contributed by atoms with Gasteiger partial charge in [-0.1, -0.05) is 77.8 Å². The summed E-state index contributed by atoms with van der Waals surface area (Å²) in [6.45, 7) is 4.86. The van der Waals surface area contributed by atoms with Crippen LogP contribution in [0.25, 0.3) is 0 Å². The van der Waals surface area contributed by atoms with Crippen molar-refractivity contribution in [3.63, 3.8) is 0 Å². The summed E-state index contributed by atoms with van der Waals surface area (Å²) in [6, 6.07) is 28.1. The minimum Gasteiger partial charge on any atom is -0.350 e. The third-order valence-electron chi connectivity index (χ3n) is 6.88. The minimum atomic E-state index is -4.19. The lowest BCUT2D eigenvalue weighted by atomic mass is 10.0. The van der Waals surface area contributed by atoms with Crippen molar-refractivity contribution in [2.45, 2.75) is 50.2 Å². The van der Waals surface area contributed by atoms with Gasteiger partial charge in [0.05, 0.1) is 10.6 Å². The maximum Gasteiger partial charge on any atom is 0.264 e. The van der Waals surface area contributed by atoms with Crippen LogP contribution in [0.1, 0.15) is 31.9 Å². The number of carbonyl (C=O) groups excluding carboxylic acids is 2. The van der Waals surface area contributed by atoms with Crippen LogP contribution in [-0.2, 0) is 32.6 Å². The molecule has 0 aliphatic carbocycles. The summed E-state index contributed by atoms with van der Waals surface area (Å²) in [5.74, 6) is -0.997. The Morgan fingerprint density at radius 2 is 1.38 bits per heavy atom. The molecule has 0 aliphatic rings. The Morgan fingerprint density at radius 1 is 0.822 bits per heavy atom. The van der Waals surface area contributed by atoms with E-state index in [0.29, 0.717) is 21.3 Å². The van der Waals surface area contributed by atoms with Gasteiger partial charge in [0.15, 0.2) is 0 Å². The normalized spacial score (nSPS) is 12.3. The molecule has 4 rings (SSSR count). The highest BCUT2D eigenvalue weighted by atomic mass is 127. The number of hydrogen-bond donors (Lipinski definition) is 1. The van der Waals surface area contributed by atoms with Gasteiger partial charge in [-0.15, -0.1) is 0 Å². The van der Waals surface area contributed by atoms with Crippen molar-refractivity contribution < 1.29 is 18.0 Å². The fraction of sp³-hybridized carbons (Fsp3) is 0.235. The van der Waals surface area contributed by atoms with E-state index in [-0.39, 0.29) is 17.9 Å². The molecule has 1 N–H and O–H groups in total. The molecular weight excluding hydrogens is 744 g/mol. The molecule has 2 amide bonds. The van der Waals surface area contributed by atoms with Gasteiger partial charge in [-0.3, -0.25) is 13.9 Å². The second-order valence-corrected chi connectivity index (χ2v) is 15.4. The quantitative estimate of drug-likeness (QED) is 0.162. The number of sulfonamides is 1. The maximum absolute atomic E-state index is 14.6. The molecule has 45 heavy (non-hydrogen) atoms. The molecule has 0 saturated heterocycles. The molecule has 11 heteroatoms. The van der Waals surface area contributed by atoms with Crippen molar-refractivity contribution in [1.82, 2.24) is 10.2 Å². The Balaban J connectivity index is 1.84. The van der Waals surface area contributed by atoms with Crippen molar-refractivity contribution in [2.24, 2.45) is 0 Å². The SMILES string of the molecule is CC(C)(C)NC(=O)[C@@H](Cc1ccccc1)N(Cc1c(Cl)cccc1Cl)C(=O)CN(c1ccc(I)cc1)S(=O)(=O)c1ccccc1. The van der Waals surface area contributed by atoms with Crippen molar-refractivity contribution >= 4 is 73.3 Å². The Hall–Kier alpha value is -3.12. The van der Waals surface area contributed by atoms with Crippen LogP contribution in [0.4, 0.5) is 5.69 Å². The number of anilines is 1. The van der Waals surface area contributed by atoms with E-state index in [0.717, 1.165) is 13.4 Å². The Morgan fingerprint density at radius 3 is 1.93 bits per heavy atom. The van der Waals surface area contributed by atoms with E-state index in [1.54, 1.807) is 60.7 Å². The van der Waals surface area contributed by atoms with Crippen molar-refractivity contribution in [1.29, 1.82) is 0 Å². The first-order valence-corrected chi connectivity index (χ1v) is 17.5. The zero-order chi connectivity index (χ0) is 32.8. The summed E-state index contributed by atoms with van der Waals surface area (Å²) in [4.78, 5) is 29.9. The molecule has 0 bridgehead atoms. The van der Waals surface area contributed by atoms with Crippen LogP contribution in [-0.4, -0.2) is 43.3 Å². The highest BCUT2D eigenvalue weighted by Gasteiger charge is 2.36. The summed E-state index contributed by atoms with van der Waals surface area (Å²) >= 11 is 15.3. The molecule has 7 nitrogen and oxygen atoms in total. The molecule has 0 saturated carbocycles. The standard InChI is InChI=1S/C34H34Cl2IN3O4S/c1-34(2,3)38-33(42)31(21-24-11-6-4-7-12-24)39(22-28-29(35)15-10-16-30(28)36)32(41)23-40(26-19-17-25(37)18-20-26)45(43,44)27-13-8-5-9-14-27/h4-20,31H,21-23H2,1-3H3,(H,38,42)/t31-/m1/s1. The van der Waals surface area contributed by atoms with Crippen molar-refractivity contribution in [2.75, 3.05) is 10.8 Å². The molecule has 0 aliphatic heterocycles. The van der Waals surface area contributed by atoms with Gasteiger partial charge < -0.3 is 10.2 Å². The smallest absolute Gasteiger partial charge is 0.264 e. The molecule has 0 radical (unpaired) electrons. The third kappa shape index (κ3) is 9.22. The van der Waals surface area contributed by atoms with Gasteiger partial charge >= 0.3 is 0 Å². The van der Waals surface area contributed by atoms with Gasteiger partial charge in [-0.25, -0.2) is 8.42 Å². The average molecular weight is 779 g/mol. The van der Waals surface area contributed by atoms with Gasteiger partial charge in [0.25, 0.3) is 10.0 Å². The largest absolute Gasteiger partial charge is 0.350 e. The van der Waals surface area contributed by atoms with Gasteiger partial charge in [0.2, 0.25) is 11.8 Å². The van der Waals surface area contributed by atoms with Crippen LogP contribution in [0, 0.1) is 3.57 Å². The number of nitrogens with one attached hydrogen (secondary N) is 1. The Kier molecular flexibility index (Phi) is 11.6. The Labute approximate surface area is 288 Å². The fourth-order valence-corrected chi connectivity index (χ4v) is 7.03. The van der Waals surface area contributed by atoms with Crippen LogP contribution in [0.2, 0.25) is 10.0 Å². The van der Waals surface area contributed by atoms with Crippen LogP contribution in [0.15, 0.2) is 108 Å². The van der Waals surface area contributed by atoms with Gasteiger partial charge in [0.1, 0.15) is 12.6 Å². The molecule has 0 unspecified atom stereocenters. The molecular formula is C34H34Cl2IN3O4S. The molecule has 4 aromatic carbocycles. The number of nitrogens with zero attached hydrogens (tertiary/aromatic N) is 2. The molecule has 0 heterocycles. The zero-order valence-corrected chi connectivity index (χ0v) is 29.6. The number of halogens is 3. The van der Waals surface area contributed by atoms with Crippen LogP contribution in [0.3, 0.4) is 0 Å². The van der Waals surface area contributed by atoms with Gasteiger partial charge in [-0.05, 0) is 97.5 Å². The maximum atomic E-state index is 14.6. The summed E-state index contributed by atoms with van der Waals surface area (Å²) in [7, 11) is -4.19. The zero-order valence-electron chi connectivity index (χ0n) is 25.1. The molecule has 236 valence electrons. The fourth-order valence-electron chi connectivity index (χ4n) is 4.72. The van der Waals surface area contributed by atoms with E-state index >= 15 is 0 Å². The predicted molar refractivity (Wildman–Crippen MR) is 189 cm³/mol. The lowest BCUT2D eigenvalue weighted by molar-refractivity contribution is -0.140. The molecule has 0 aromatic heterocycles. The number of benzene rings is 4. The van der Waals surface area contributed by atoms with E-state index < -0.39 is 40.0 Å². The van der Waals surface area contributed by atoms with E-state index in [9.17, 15) is 18.0 Å². The van der Waals surface area contributed by atoms with E-state index in [2.05, 4.69) is 27.9 Å². The first-order chi connectivity index (χ1) is 21.3. The molecule has 0 spiro atoms. The summed E-state index contributed by atoms with van der Waals surface area (Å²) in [5.41, 5.74) is 0.970. The average Bonchev–Trinajstić information content (AvgIpc) is 2.99. The van der Waals surface area contributed by atoms with E-state index in [1.165, 1.54) is 17.0 Å². The monoisotopic (exact) mass is 777 g/mol. The van der Waals surface area contributed by atoms with Crippen LogP contribution >= 0.6 is 45.8 Å². The minimum absolute atomic E-state index is 0.0309. The van der Waals surface area contributed by atoms with Crippen LogP contribution < -0.4 is 9.62 Å². The van der Waals surface area contributed by atoms with Crippen molar-refractivity contribution in [3.8, 4) is 0 Å². The lowest BCUT2D eigenvalue weighted by Gasteiger charge is -2.35. The number of carbonyl (C=O) groups is 2. The van der Waals surface area contributed by atoms with E-state index in [1.807, 2.05) is 51.1 Å². The summed E-state index contributed by atoms with van der Waals surface area (Å²) in [6.07, 6.45) is 0.172. The number of rotatable bonds is 11. The second-order valence-electron chi connectivity index (χ2n) is 11.5. The molecule has 0 fully saturated rings. The summed E-state index contributed by atoms with van der Waals surface area (Å²) in [5, 5.41) is 3.65. The predicted octanol–water partition coefficient (Wildman–Crippen LogP) is 7.35. The topological polar surface area (TPSA) is 86.8 Å². The third-order valence-corrected chi connectivity index (χ3v) is 10.1. The second kappa shape index (κ2) is 15.0. The first kappa shape index (κ1) is 34.7. The van der Waals surface area contributed by atoms with E-state index in [4.69, 9.17) is 23.2 Å². The Bertz CT molecular complexity index is 1710. The van der Waals surface area contributed by atoms with Crippen LogP contribution in [0.5, 0.6) is 0 Å². The highest BCUT2D eigenvalue weighted by molar-refractivity contribution is 14.1. The first-order valence-electron chi connectivity index (χ1n) is 14.2.